The molecule has 8 rings (SSSR count). The predicted molar refractivity (Wildman–Crippen MR) is 210 cm³/mol. The van der Waals surface area contributed by atoms with Crippen LogP contribution in [-0.4, -0.2) is 0 Å². The predicted octanol–water partition coefficient (Wildman–Crippen LogP) is 13.7. The summed E-state index contributed by atoms with van der Waals surface area (Å²) in [5, 5.41) is 2.62. The van der Waals surface area contributed by atoms with E-state index in [2.05, 4.69) is 196 Å². The van der Waals surface area contributed by atoms with Gasteiger partial charge in [0.2, 0.25) is 0 Å². The van der Waals surface area contributed by atoms with Gasteiger partial charge in [0.1, 0.15) is 0 Å². The topological polar surface area (TPSA) is 3.24 Å². The van der Waals surface area contributed by atoms with Crippen molar-refractivity contribution in [2.75, 3.05) is 4.90 Å². The average molecular weight is 634 g/mol. The summed E-state index contributed by atoms with van der Waals surface area (Å²) in [7, 11) is 0. The van der Waals surface area contributed by atoms with E-state index in [0.29, 0.717) is 0 Å². The van der Waals surface area contributed by atoms with E-state index < -0.39 is 0 Å². The first-order valence-electron chi connectivity index (χ1n) is 17.6. The largest absolute Gasteiger partial charge is 0.309 e. The van der Waals surface area contributed by atoms with Gasteiger partial charge in [-0.15, -0.1) is 0 Å². The summed E-state index contributed by atoms with van der Waals surface area (Å²) in [5.74, 6) is 0. The van der Waals surface area contributed by atoms with Gasteiger partial charge in [-0.25, -0.2) is 0 Å². The van der Waals surface area contributed by atoms with E-state index in [0.717, 1.165) is 17.1 Å². The minimum Gasteiger partial charge on any atom is -0.309 e. The van der Waals surface area contributed by atoms with E-state index in [-0.39, 0.29) is 10.8 Å². The van der Waals surface area contributed by atoms with Gasteiger partial charge in [0.25, 0.3) is 0 Å². The molecule has 0 bridgehead atoms. The van der Waals surface area contributed by atoms with Crippen LogP contribution >= 0.6 is 0 Å². The number of hydrogen-bond acceptors (Lipinski definition) is 1. The molecule has 0 radical (unpaired) electrons. The molecule has 0 aliphatic heterocycles. The lowest BCUT2D eigenvalue weighted by Gasteiger charge is -2.42. The van der Waals surface area contributed by atoms with Crippen molar-refractivity contribution < 1.29 is 0 Å². The van der Waals surface area contributed by atoms with Gasteiger partial charge in [-0.1, -0.05) is 167 Å². The van der Waals surface area contributed by atoms with Crippen LogP contribution in [0.5, 0.6) is 0 Å². The Hall–Kier alpha value is -5.40. The summed E-state index contributed by atoms with van der Waals surface area (Å²) in [4.78, 5) is 2.47. The van der Waals surface area contributed by atoms with Crippen molar-refractivity contribution >= 4 is 27.8 Å². The fourth-order valence-corrected chi connectivity index (χ4v) is 7.84. The Balaban J connectivity index is 1.37. The number of para-hydroxylation sites is 3. The fraction of sp³-hybridized carbons (Fsp3) is 0.167. The van der Waals surface area contributed by atoms with Gasteiger partial charge in [-0.2, -0.15) is 0 Å². The van der Waals surface area contributed by atoms with Crippen LogP contribution in [0, 0.1) is 0 Å². The molecule has 0 aromatic heterocycles. The minimum absolute atomic E-state index is 0.159. The van der Waals surface area contributed by atoms with Crippen molar-refractivity contribution in [3.05, 3.63) is 175 Å². The lowest BCUT2D eigenvalue weighted by molar-refractivity contribution is 0.332. The van der Waals surface area contributed by atoms with Gasteiger partial charge in [-0.05, 0) is 86.5 Å². The van der Waals surface area contributed by atoms with Crippen LogP contribution in [0.1, 0.15) is 51.7 Å². The Morgan fingerprint density at radius 1 is 0.367 bits per heavy atom. The van der Waals surface area contributed by atoms with Crippen molar-refractivity contribution in [1.82, 2.24) is 0 Å². The van der Waals surface area contributed by atoms with Crippen molar-refractivity contribution in [1.29, 1.82) is 0 Å². The molecule has 1 aliphatic carbocycles. The van der Waals surface area contributed by atoms with Crippen LogP contribution in [0.4, 0.5) is 17.1 Å². The van der Waals surface area contributed by atoms with Crippen molar-refractivity contribution in [3.63, 3.8) is 0 Å². The van der Waals surface area contributed by atoms with Gasteiger partial charge in [0.05, 0.1) is 17.1 Å². The molecule has 0 amide bonds. The number of nitrogens with zero attached hydrogens (tertiary/aromatic N) is 1. The zero-order valence-corrected chi connectivity index (χ0v) is 28.9. The summed E-state index contributed by atoms with van der Waals surface area (Å²) >= 11 is 0. The Kier molecular flexibility index (Phi) is 7.72. The molecular formula is C48H43N. The van der Waals surface area contributed by atoms with Crippen LogP contribution in [-0.2, 0) is 10.8 Å². The van der Waals surface area contributed by atoms with Gasteiger partial charge in [0, 0.05) is 16.7 Å². The van der Waals surface area contributed by atoms with Crippen LogP contribution in [0.15, 0.2) is 164 Å². The van der Waals surface area contributed by atoms with Crippen LogP contribution in [0.25, 0.3) is 44.2 Å². The average Bonchev–Trinajstić information content (AvgIpc) is 3.14. The second kappa shape index (κ2) is 12.2. The van der Waals surface area contributed by atoms with E-state index in [9.17, 15) is 0 Å². The van der Waals surface area contributed by atoms with Crippen molar-refractivity contribution in [2.24, 2.45) is 0 Å². The van der Waals surface area contributed by atoms with E-state index in [1.54, 1.807) is 0 Å². The molecule has 1 aliphatic rings. The molecule has 1 heteroatoms. The minimum atomic E-state index is 0.159. The SMILES string of the molecule is CC1(C)CCC(C)(C)c2cc3cc(-c4ccccc4N(c4ccccc4-c4ccccc4)c4ccccc4-c4ccccc4)ccc3cc21. The highest BCUT2D eigenvalue weighted by Gasteiger charge is 2.37. The number of rotatable bonds is 6. The lowest BCUT2D eigenvalue weighted by Crippen LogP contribution is -2.33. The second-order valence-corrected chi connectivity index (χ2v) is 14.8. The Morgan fingerprint density at radius 3 is 1.22 bits per heavy atom. The summed E-state index contributed by atoms with van der Waals surface area (Å²) in [6, 6.07) is 60.0. The van der Waals surface area contributed by atoms with Crippen LogP contribution in [0.3, 0.4) is 0 Å². The van der Waals surface area contributed by atoms with Gasteiger partial charge in [0.15, 0.2) is 0 Å². The molecule has 240 valence electrons. The molecule has 0 saturated carbocycles. The molecule has 0 saturated heterocycles. The third-order valence-corrected chi connectivity index (χ3v) is 10.7. The zero-order valence-electron chi connectivity index (χ0n) is 28.9. The molecule has 7 aromatic rings. The maximum absolute atomic E-state index is 2.49. The van der Waals surface area contributed by atoms with E-state index in [4.69, 9.17) is 0 Å². The van der Waals surface area contributed by atoms with E-state index in [1.807, 2.05) is 0 Å². The van der Waals surface area contributed by atoms with Crippen molar-refractivity contribution in [3.8, 4) is 33.4 Å². The number of benzene rings is 7. The lowest BCUT2D eigenvalue weighted by atomic mass is 9.63. The monoisotopic (exact) mass is 633 g/mol. The number of anilines is 3. The molecule has 7 aromatic carbocycles. The molecule has 0 unspecified atom stereocenters. The maximum Gasteiger partial charge on any atom is 0.0540 e. The molecule has 0 atom stereocenters. The Morgan fingerprint density at radius 2 is 0.755 bits per heavy atom. The van der Waals surface area contributed by atoms with Gasteiger partial charge >= 0.3 is 0 Å². The van der Waals surface area contributed by atoms with E-state index in [1.165, 1.54) is 68.1 Å². The van der Waals surface area contributed by atoms with Crippen LogP contribution < -0.4 is 4.90 Å². The van der Waals surface area contributed by atoms with Gasteiger partial charge in [-0.3, -0.25) is 0 Å². The van der Waals surface area contributed by atoms with Gasteiger partial charge < -0.3 is 4.90 Å². The molecular weight excluding hydrogens is 591 g/mol. The highest BCUT2D eigenvalue weighted by Crippen LogP contribution is 2.49. The van der Waals surface area contributed by atoms with E-state index >= 15 is 0 Å². The normalized spacial score (nSPS) is 14.7. The molecule has 0 fully saturated rings. The quantitative estimate of drug-likeness (QED) is 0.176. The maximum atomic E-state index is 2.49. The first-order valence-corrected chi connectivity index (χ1v) is 17.6. The zero-order chi connectivity index (χ0) is 33.6. The third-order valence-electron chi connectivity index (χ3n) is 10.7. The molecule has 49 heavy (non-hydrogen) atoms. The summed E-state index contributed by atoms with van der Waals surface area (Å²) in [6.45, 7) is 9.65. The summed E-state index contributed by atoms with van der Waals surface area (Å²) in [5.41, 5.74) is 14.0. The number of hydrogen-bond donors (Lipinski definition) is 0. The highest BCUT2D eigenvalue weighted by molar-refractivity contribution is 5.99. The molecule has 1 nitrogen and oxygen atoms in total. The first-order chi connectivity index (χ1) is 23.8. The van der Waals surface area contributed by atoms with Crippen molar-refractivity contribution in [2.45, 2.75) is 51.4 Å². The Bertz CT molecular complexity index is 2190. The summed E-state index contributed by atoms with van der Waals surface area (Å²) < 4.78 is 0. The molecule has 0 heterocycles. The smallest absolute Gasteiger partial charge is 0.0540 e. The standard InChI is InChI=1S/C48H43N/c1-47(2)29-30-48(3,4)43-33-38-31-37(28-27-36(38)32-42(43)47)41-23-13-16-26-46(41)49(44-24-14-11-21-39(44)34-17-7-5-8-18-34)45-25-15-12-22-40(45)35-19-9-6-10-20-35/h5-28,31-33H,29-30H2,1-4H3. The summed E-state index contributed by atoms with van der Waals surface area (Å²) in [6.07, 6.45) is 2.42. The van der Waals surface area contributed by atoms with Crippen LogP contribution in [0.2, 0.25) is 0 Å². The number of fused-ring (bicyclic) bond motifs is 2. The molecule has 0 spiro atoms. The highest BCUT2D eigenvalue weighted by atomic mass is 15.1. The Labute approximate surface area is 291 Å². The molecule has 0 N–H and O–H groups in total. The second-order valence-electron chi connectivity index (χ2n) is 14.8. The first kappa shape index (κ1) is 30.9. The fourth-order valence-electron chi connectivity index (χ4n) is 7.84. The third kappa shape index (κ3) is 5.64.